The third-order valence-electron chi connectivity index (χ3n) is 5.26. The maximum absolute atomic E-state index is 12.4. The van der Waals surface area contributed by atoms with Gasteiger partial charge in [-0.1, -0.05) is 43.9 Å². The highest BCUT2D eigenvalue weighted by atomic mass is 16.5. The molecule has 0 aliphatic heterocycles. The molecular formula is C20H25NO4. The first kappa shape index (κ1) is 17.5. The van der Waals surface area contributed by atoms with Crippen molar-refractivity contribution < 1.29 is 19.1 Å². The number of benzene rings is 1. The van der Waals surface area contributed by atoms with Crippen LogP contribution in [0.3, 0.4) is 0 Å². The van der Waals surface area contributed by atoms with Gasteiger partial charge in [-0.25, -0.2) is 9.36 Å². The van der Waals surface area contributed by atoms with E-state index < -0.39 is 6.09 Å². The van der Waals surface area contributed by atoms with Gasteiger partial charge in [-0.2, -0.15) is 0 Å². The summed E-state index contributed by atoms with van der Waals surface area (Å²) in [6, 6.07) is 7.66. The number of carbonyl (C=O) groups is 2. The summed E-state index contributed by atoms with van der Waals surface area (Å²) in [6.45, 7) is 0. The van der Waals surface area contributed by atoms with Gasteiger partial charge >= 0.3 is 12.1 Å². The highest BCUT2D eigenvalue weighted by Gasteiger charge is 2.24. The molecule has 1 aliphatic rings. The highest BCUT2D eigenvalue weighted by Crippen LogP contribution is 2.32. The Balaban J connectivity index is 2.06. The van der Waals surface area contributed by atoms with Gasteiger partial charge in [0.15, 0.2) is 0 Å². The summed E-state index contributed by atoms with van der Waals surface area (Å²) < 4.78 is 11.5. The molecule has 0 bridgehead atoms. The van der Waals surface area contributed by atoms with Crippen LogP contribution in [0, 0.1) is 5.92 Å². The Bertz CT molecular complexity index is 771. The van der Waals surface area contributed by atoms with Crippen LogP contribution in [0.4, 0.5) is 4.79 Å². The van der Waals surface area contributed by atoms with Crippen molar-refractivity contribution >= 4 is 23.0 Å². The molecule has 1 aromatic heterocycles. The Morgan fingerprint density at radius 2 is 1.84 bits per heavy atom. The molecule has 0 amide bonds. The average Bonchev–Trinajstić information content (AvgIpc) is 3.25. The van der Waals surface area contributed by atoms with Crippen LogP contribution in [-0.2, 0) is 27.1 Å². The first-order chi connectivity index (χ1) is 12.2. The largest absolute Gasteiger partial charge is 0.469 e. The fourth-order valence-corrected chi connectivity index (χ4v) is 3.98. The molecule has 5 heteroatoms. The quantitative estimate of drug-likeness (QED) is 0.767. The summed E-state index contributed by atoms with van der Waals surface area (Å²) >= 11 is 0. The van der Waals surface area contributed by atoms with Crippen molar-refractivity contribution in [1.29, 1.82) is 0 Å². The highest BCUT2D eigenvalue weighted by molar-refractivity contribution is 5.95. The Kier molecular flexibility index (Phi) is 5.41. The summed E-state index contributed by atoms with van der Waals surface area (Å²) in [7, 11) is 2.78. The van der Waals surface area contributed by atoms with Gasteiger partial charge in [0, 0.05) is 11.1 Å². The second-order valence-corrected chi connectivity index (χ2v) is 6.69. The summed E-state index contributed by atoms with van der Waals surface area (Å²) in [5.41, 5.74) is 2.55. The average molecular weight is 343 g/mol. The van der Waals surface area contributed by atoms with Crippen molar-refractivity contribution in [1.82, 2.24) is 4.57 Å². The maximum Gasteiger partial charge on any atom is 0.418 e. The second kappa shape index (κ2) is 7.72. The molecule has 0 radical (unpaired) electrons. The molecule has 134 valence electrons. The zero-order chi connectivity index (χ0) is 17.8. The Morgan fingerprint density at radius 1 is 1.12 bits per heavy atom. The molecule has 1 aromatic carbocycles. The summed E-state index contributed by atoms with van der Waals surface area (Å²) in [5.74, 6) is 0.407. The van der Waals surface area contributed by atoms with Crippen molar-refractivity contribution in [3.63, 3.8) is 0 Å². The predicted molar refractivity (Wildman–Crippen MR) is 95.7 cm³/mol. The fourth-order valence-electron chi connectivity index (χ4n) is 3.98. The van der Waals surface area contributed by atoms with Gasteiger partial charge in [0.2, 0.25) is 0 Å². The number of para-hydroxylation sites is 1. The lowest BCUT2D eigenvalue weighted by molar-refractivity contribution is -0.139. The van der Waals surface area contributed by atoms with Gasteiger partial charge in [0.1, 0.15) is 0 Å². The molecule has 2 aromatic rings. The maximum atomic E-state index is 12.4. The van der Waals surface area contributed by atoms with Crippen LogP contribution in [0.25, 0.3) is 10.9 Å². The monoisotopic (exact) mass is 343 g/mol. The minimum absolute atomic E-state index is 0.168. The smallest absolute Gasteiger partial charge is 0.418 e. The minimum Gasteiger partial charge on any atom is -0.469 e. The van der Waals surface area contributed by atoms with Gasteiger partial charge in [0.25, 0.3) is 0 Å². The minimum atomic E-state index is -0.409. The molecule has 25 heavy (non-hydrogen) atoms. The van der Waals surface area contributed by atoms with Gasteiger partial charge < -0.3 is 9.47 Å². The van der Waals surface area contributed by atoms with E-state index in [0.29, 0.717) is 5.92 Å². The van der Waals surface area contributed by atoms with E-state index in [-0.39, 0.29) is 12.4 Å². The van der Waals surface area contributed by atoms with Crippen molar-refractivity contribution in [2.24, 2.45) is 5.92 Å². The van der Waals surface area contributed by atoms with Gasteiger partial charge in [0.05, 0.1) is 26.2 Å². The number of aromatic nitrogens is 1. The van der Waals surface area contributed by atoms with Crippen LogP contribution in [-0.4, -0.2) is 30.8 Å². The first-order valence-corrected chi connectivity index (χ1v) is 8.92. The van der Waals surface area contributed by atoms with Crippen LogP contribution in [0.15, 0.2) is 24.3 Å². The van der Waals surface area contributed by atoms with E-state index in [0.717, 1.165) is 35.0 Å². The number of fused-ring (bicyclic) bond motifs is 1. The van der Waals surface area contributed by atoms with Crippen LogP contribution in [0.2, 0.25) is 0 Å². The van der Waals surface area contributed by atoms with Gasteiger partial charge in [-0.05, 0) is 30.4 Å². The molecule has 0 unspecified atom stereocenters. The second-order valence-electron chi connectivity index (χ2n) is 6.69. The van der Waals surface area contributed by atoms with Gasteiger partial charge in [-0.3, -0.25) is 4.79 Å². The Labute approximate surface area is 147 Å². The van der Waals surface area contributed by atoms with Crippen LogP contribution in [0.1, 0.15) is 43.4 Å². The third kappa shape index (κ3) is 3.55. The standard InChI is InChI=1S/C20H25NO4/c1-24-19(22)13-16-15-9-5-6-10-17(15)21(20(23)25-2)18(16)12-11-14-7-3-4-8-14/h5-6,9-10,14H,3-4,7-8,11-13H2,1-2H3. The van der Waals surface area contributed by atoms with Crippen LogP contribution >= 0.6 is 0 Å². The van der Waals surface area contributed by atoms with Crippen molar-refractivity contribution in [2.75, 3.05) is 14.2 Å². The number of carbonyl (C=O) groups excluding carboxylic acids is 2. The fraction of sp³-hybridized carbons (Fsp3) is 0.500. The number of esters is 1. The normalized spacial score (nSPS) is 14.8. The van der Waals surface area contributed by atoms with E-state index in [2.05, 4.69) is 0 Å². The van der Waals surface area contributed by atoms with Crippen LogP contribution < -0.4 is 0 Å². The molecule has 1 saturated carbocycles. The number of nitrogens with zero attached hydrogens (tertiary/aromatic N) is 1. The molecule has 1 aliphatic carbocycles. The molecule has 0 N–H and O–H groups in total. The van der Waals surface area contributed by atoms with E-state index in [4.69, 9.17) is 9.47 Å². The molecule has 1 heterocycles. The number of rotatable bonds is 5. The van der Waals surface area contributed by atoms with E-state index in [9.17, 15) is 9.59 Å². The lowest BCUT2D eigenvalue weighted by atomic mass is 9.97. The molecule has 5 nitrogen and oxygen atoms in total. The molecule has 1 fully saturated rings. The molecule has 0 atom stereocenters. The molecular weight excluding hydrogens is 318 g/mol. The number of hydrogen-bond acceptors (Lipinski definition) is 4. The summed E-state index contributed by atoms with van der Waals surface area (Å²) in [6.07, 6.45) is 6.65. The van der Waals surface area contributed by atoms with Gasteiger partial charge in [-0.15, -0.1) is 0 Å². The number of methoxy groups -OCH3 is 2. The lowest BCUT2D eigenvalue weighted by Crippen LogP contribution is -2.16. The lowest BCUT2D eigenvalue weighted by Gasteiger charge is -2.13. The van der Waals surface area contributed by atoms with Crippen molar-refractivity contribution in [3.8, 4) is 0 Å². The van der Waals surface area contributed by atoms with Crippen molar-refractivity contribution in [3.05, 3.63) is 35.5 Å². The first-order valence-electron chi connectivity index (χ1n) is 8.92. The Morgan fingerprint density at radius 3 is 2.52 bits per heavy atom. The third-order valence-corrected chi connectivity index (χ3v) is 5.26. The van der Waals surface area contributed by atoms with E-state index in [1.165, 1.54) is 39.9 Å². The molecule has 0 spiro atoms. The zero-order valence-electron chi connectivity index (χ0n) is 14.9. The predicted octanol–water partition coefficient (Wildman–Crippen LogP) is 4.09. The zero-order valence-corrected chi connectivity index (χ0v) is 14.9. The SMILES string of the molecule is COC(=O)Cc1c(CCC2CCCC2)n(C(=O)OC)c2ccccc12. The number of hydrogen-bond donors (Lipinski definition) is 0. The summed E-state index contributed by atoms with van der Waals surface area (Å²) in [5, 5.41) is 0.916. The topological polar surface area (TPSA) is 57.5 Å². The van der Waals surface area contributed by atoms with Crippen molar-refractivity contribution in [2.45, 2.75) is 44.9 Å². The number of ether oxygens (including phenoxy) is 2. The molecule has 0 saturated heterocycles. The van der Waals surface area contributed by atoms with E-state index in [1.54, 1.807) is 4.57 Å². The van der Waals surface area contributed by atoms with Crippen LogP contribution in [0.5, 0.6) is 0 Å². The van der Waals surface area contributed by atoms with E-state index >= 15 is 0 Å². The Hall–Kier alpha value is -2.30. The van der Waals surface area contributed by atoms with E-state index in [1.807, 2.05) is 24.3 Å². The molecule has 3 rings (SSSR count). The summed E-state index contributed by atoms with van der Waals surface area (Å²) in [4.78, 5) is 24.4.